The number of thioether (sulfide) groups is 1. The molecule has 0 radical (unpaired) electrons. The van der Waals surface area contributed by atoms with E-state index in [1.54, 1.807) is 25.1 Å². The van der Waals surface area contributed by atoms with Gasteiger partial charge < -0.3 is 10.5 Å². The summed E-state index contributed by atoms with van der Waals surface area (Å²) in [5.41, 5.74) is 6.58. The first-order valence-electron chi connectivity index (χ1n) is 4.01. The fourth-order valence-corrected chi connectivity index (χ4v) is 1.73. The van der Waals surface area contributed by atoms with Crippen molar-refractivity contribution in [1.82, 2.24) is 10.2 Å². The summed E-state index contributed by atoms with van der Waals surface area (Å²) in [5, 5.41) is 8.71. The van der Waals surface area contributed by atoms with Gasteiger partial charge >= 0.3 is 0 Å². The van der Waals surface area contributed by atoms with E-state index in [9.17, 15) is 0 Å². The van der Waals surface area contributed by atoms with Crippen LogP contribution in [0.3, 0.4) is 0 Å². The molecule has 5 heteroatoms. The number of rotatable bonds is 5. The van der Waals surface area contributed by atoms with Gasteiger partial charge in [-0.25, -0.2) is 0 Å². The van der Waals surface area contributed by atoms with Crippen molar-refractivity contribution in [3.8, 4) is 0 Å². The maximum atomic E-state index is 5.54. The van der Waals surface area contributed by atoms with Crippen LogP contribution in [-0.2, 0) is 11.3 Å². The number of hydrogen-bond acceptors (Lipinski definition) is 5. The van der Waals surface area contributed by atoms with E-state index in [1.165, 1.54) is 0 Å². The molecule has 72 valence electrons. The predicted octanol–water partition coefficient (Wildman–Crippen LogP) is 0.674. The third-order valence-electron chi connectivity index (χ3n) is 1.51. The smallest absolute Gasteiger partial charge is 0.123 e. The Kier molecular flexibility index (Phi) is 4.74. The highest BCUT2D eigenvalue weighted by Gasteiger charge is 2.02. The molecule has 0 amide bonds. The number of ether oxygens (including phenoxy) is 1. The zero-order valence-electron chi connectivity index (χ0n) is 7.56. The first-order valence-corrected chi connectivity index (χ1v) is 4.99. The molecule has 4 nitrogen and oxygen atoms in total. The Morgan fingerprint density at radius 2 is 2.46 bits per heavy atom. The zero-order valence-corrected chi connectivity index (χ0v) is 8.38. The lowest BCUT2D eigenvalue weighted by Gasteiger charge is -2.03. The fraction of sp³-hybridized carbons (Fsp3) is 0.500. The molecule has 0 aliphatic rings. The van der Waals surface area contributed by atoms with Gasteiger partial charge in [-0.3, -0.25) is 0 Å². The van der Waals surface area contributed by atoms with E-state index in [-0.39, 0.29) is 0 Å². The van der Waals surface area contributed by atoms with Gasteiger partial charge in [-0.2, -0.15) is 5.10 Å². The highest BCUT2D eigenvalue weighted by Crippen LogP contribution is 2.17. The van der Waals surface area contributed by atoms with E-state index in [1.807, 2.05) is 6.07 Å². The second-order valence-electron chi connectivity index (χ2n) is 2.41. The van der Waals surface area contributed by atoms with Crippen LogP contribution in [-0.4, -0.2) is 29.7 Å². The summed E-state index contributed by atoms with van der Waals surface area (Å²) in [6, 6.07) is 1.89. The van der Waals surface area contributed by atoms with Crippen molar-refractivity contribution < 1.29 is 4.74 Å². The topological polar surface area (TPSA) is 61.0 Å². The molecule has 1 heterocycles. The maximum absolute atomic E-state index is 5.54. The fourth-order valence-electron chi connectivity index (χ4n) is 0.843. The minimum absolute atomic E-state index is 0.505. The summed E-state index contributed by atoms with van der Waals surface area (Å²) in [4.78, 5) is 0. The lowest BCUT2D eigenvalue weighted by atomic mass is 10.3. The first kappa shape index (κ1) is 10.4. The van der Waals surface area contributed by atoms with E-state index in [0.29, 0.717) is 13.2 Å². The molecule has 1 rings (SSSR count). The zero-order chi connectivity index (χ0) is 9.52. The number of nitrogens with zero attached hydrogens (tertiary/aromatic N) is 2. The molecule has 0 unspecified atom stereocenters. The quantitative estimate of drug-likeness (QED) is 0.558. The summed E-state index contributed by atoms with van der Waals surface area (Å²) in [5.74, 6) is 0.877. The lowest BCUT2D eigenvalue weighted by Crippen LogP contribution is -2.02. The molecule has 1 aromatic heterocycles. The Labute approximate surface area is 81.9 Å². The van der Waals surface area contributed by atoms with Gasteiger partial charge in [-0.05, 0) is 6.07 Å². The molecule has 0 atom stereocenters. The van der Waals surface area contributed by atoms with E-state index >= 15 is 0 Å². The monoisotopic (exact) mass is 199 g/mol. The van der Waals surface area contributed by atoms with Crippen molar-refractivity contribution in [2.24, 2.45) is 5.73 Å². The molecule has 1 aromatic rings. The van der Waals surface area contributed by atoms with Crippen molar-refractivity contribution in [2.45, 2.75) is 11.6 Å². The highest BCUT2D eigenvalue weighted by molar-refractivity contribution is 7.99. The summed E-state index contributed by atoms with van der Waals surface area (Å²) in [6.45, 7) is 1.22. The van der Waals surface area contributed by atoms with Crippen molar-refractivity contribution in [3.63, 3.8) is 0 Å². The van der Waals surface area contributed by atoms with Crippen molar-refractivity contribution in [3.05, 3.63) is 17.8 Å². The lowest BCUT2D eigenvalue weighted by molar-refractivity contribution is 0.218. The van der Waals surface area contributed by atoms with Gasteiger partial charge in [-0.15, -0.1) is 16.9 Å². The van der Waals surface area contributed by atoms with Gasteiger partial charge in [-0.1, -0.05) is 0 Å². The molecule has 0 saturated carbocycles. The van der Waals surface area contributed by atoms with E-state index in [4.69, 9.17) is 10.5 Å². The Morgan fingerprint density at radius 3 is 3.15 bits per heavy atom. The van der Waals surface area contributed by atoms with Crippen LogP contribution in [0.4, 0.5) is 0 Å². The number of aromatic nitrogens is 2. The van der Waals surface area contributed by atoms with Crippen LogP contribution in [0.15, 0.2) is 17.3 Å². The second kappa shape index (κ2) is 5.90. The van der Waals surface area contributed by atoms with Gasteiger partial charge in [0.2, 0.25) is 0 Å². The Balaban J connectivity index is 2.54. The number of hydrogen-bond donors (Lipinski definition) is 1. The summed E-state index contributed by atoms with van der Waals surface area (Å²) in [6.07, 6.45) is 1.66. The summed E-state index contributed by atoms with van der Waals surface area (Å²) < 4.78 is 4.94. The molecule has 0 saturated heterocycles. The van der Waals surface area contributed by atoms with Crippen LogP contribution < -0.4 is 5.73 Å². The average molecular weight is 199 g/mol. The van der Waals surface area contributed by atoms with Gasteiger partial charge in [0.05, 0.1) is 6.61 Å². The minimum atomic E-state index is 0.505. The van der Waals surface area contributed by atoms with Gasteiger partial charge in [0.15, 0.2) is 0 Å². The van der Waals surface area contributed by atoms with Crippen molar-refractivity contribution in [1.29, 1.82) is 0 Å². The van der Waals surface area contributed by atoms with Crippen LogP contribution in [0.25, 0.3) is 0 Å². The van der Waals surface area contributed by atoms with Crippen LogP contribution in [0.1, 0.15) is 5.56 Å². The van der Waals surface area contributed by atoms with Crippen molar-refractivity contribution >= 4 is 11.8 Å². The second-order valence-corrected chi connectivity index (χ2v) is 3.49. The highest BCUT2D eigenvalue weighted by atomic mass is 32.2. The first-order chi connectivity index (χ1) is 6.38. The predicted molar refractivity (Wildman–Crippen MR) is 52.5 cm³/mol. The van der Waals surface area contributed by atoms with E-state index in [2.05, 4.69) is 10.2 Å². The Morgan fingerprint density at radius 1 is 1.62 bits per heavy atom. The molecule has 13 heavy (non-hydrogen) atoms. The summed E-state index contributed by atoms with van der Waals surface area (Å²) in [7, 11) is 1.68. The van der Waals surface area contributed by atoms with E-state index in [0.717, 1.165) is 16.3 Å². The normalized spacial score (nSPS) is 10.3. The molecular formula is C8H13N3OS. The molecule has 0 fully saturated rings. The largest absolute Gasteiger partial charge is 0.384 e. The van der Waals surface area contributed by atoms with Gasteiger partial charge in [0.1, 0.15) is 5.03 Å². The number of nitrogens with two attached hydrogens (primary N) is 1. The molecule has 2 N–H and O–H groups in total. The maximum Gasteiger partial charge on any atom is 0.123 e. The average Bonchev–Trinajstić information content (AvgIpc) is 2.19. The molecule has 0 spiro atoms. The molecule has 0 aromatic carbocycles. The SMILES string of the molecule is COCCSc1nnccc1CN. The van der Waals surface area contributed by atoms with Crippen LogP contribution in [0, 0.1) is 0 Å². The third-order valence-corrected chi connectivity index (χ3v) is 2.50. The van der Waals surface area contributed by atoms with E-state index < -0.39 is 0 Å². The molecular weight excluding hydrogens is 186 g/mol. The molecule has 0 bridgehead atoms. The molecule has 0 aliphatic heterocycles. The van der Waals surface area contributed by atoms with Crippen molar-refractivity contribution in [2.75, 3.05) is 19.5 Å². The standard InChI is InChI=1S/C8H13N3OS/c1-12-4-5-13-8-7(6-9)2-3-10-11-8/h2-3H,4-6,9H2,1H3. The van der Waals surface area contributed by atoms with Crippen LogP contribution in [0.5, 0.6) is 0 Å². The van der Waals surface area contributed by atoms with Gasteiger partial charge in [0, 0.05) is 31.2 Å². The summed E-state index contributed by atoms with van der Waals surface area (Å²) >= 11 is 1.62. The van der Waals surface area contributed by atoms with Gasteiger partial charge in [0.25, 0.3) is 0 Å². The molecule has 0 aliphatic carbocycles. The number of methoxy groups -OCH3 is 1. The Hall–Kier alpha value is -0.650. The van der Waals surface area contributed by atoms with Crippen LogP contribution in [0.2, 0.25) is 0 Å². The van der Waals surface area contributed by atoms with Crippen LogP contribution >= 0.6 is 11.8 Å². The minimum Gasteiger partial charge on any atom is -0.384 e. The third kappa shape index (κ3) is 3.30. The Bertz CT molecular complexity index is 257.